The molecule has 0 heterocycles. The van der Waals surface area contributed by atoms with Gasteiger partial charge in [-0.25, -0.2) is 4.39 Å². The van der Waals surface area contributed by atoms with Crippen LogP contribution in [0.4, 0.5) is 4.39 Å². The number of carbonyl (C=O) groups is 1. The van der Waals surface area contributed by atoms with Crippen molar-refractivity contribution < 1.29 is 13.9 Å². The Labute approximate surface area is 184 Å². The monoisotopic (exact) mass is 419 g/mol. The van der Waals surface area contributed by atoms with Crippen molar-refractivity contribution in [2.24, 2.45) is 0 Å². The summed E-state index contributed by atoms with van der Waals surface area (Å²) in [6.07, 6.45) is 0.850. The number of benzene rings is 3. The van der Waals surface area contributed by atoms with E-state index in [0.717, 1.165) is 28.9 Å². The molecule has 4 heteroatoms. The third-order valence-electron chi connectivity index (χ3n) is 5.28. The van der Waals surface area contributed by atoms with E-state index in [-0.39, 0.29) is 23.7 Å². The molecule has 0 unspecified atom stereocenters. The van der Waals surface area contributed by atoms with E-state index < -0.39 is 0 Å². The van der Waals surface area contributed by atoms with Crippen LogP contribution >= 0.6 is 0 Å². The fourth-order valence-corrected chi connectivity index (χ4v) is 3.71. The zero-order chi connectivity index (χ0) is 22.2. The van der Waals surface area contributed by atoms with Crippen LogP contribution in [-0.2, 0) is 11.3 Å². The zero-order valence-electron chi connectivity index (χ0n) is 18.4. The first-order valence-electron chi connectivity index (χ1n) is 10.7. The molecule has 0 N–H and O–H groups in total. The number of nitrogens with zero attached hydrogens (tertiary/aromatic N) is 1. The second-order valence-electron chi connectivity index (χ2n) is 8.05. The molecule has 0 saturated carbocycles. The molecule has 0 aliphatic rings. The minimum Gasteiger partial charge on any atom is -0.491 e. The van der Waals surface area contributed by atoms with Gasteiger partial charge in [-0.1, -0.05) is 54.6 Å². The number of ether oxygens (including phenoxy) is 1. The Hall–Kier alpha value is -3.14. The zero-order valence-corrected chi connectivity index (χ0v) is 18.4. The van der Waals surface area contributed by atoms with E-state index in [9.17, 15) is 9.18 Å². The fraction of sp³-hybridized carbons (Fsp3) is 0.296. The van der Waals surface area contributed by atoms with Crippen molar-refractivity contribution >= 4 is 5.91 Å². The van der Waals surface area contributed by atoms with E-state index in [1.807, 2.05) is 73.3 Å². The van der Waals surface area contributed by atoms with Crippen LogP contribution < -0.4 is 4.74 Å². The van der Waals surface area contributed by atoms with E-state index >= 15 is 0 Å². The maximum absolute atomic E-state index is 13.5. The van der Waals surface area contributed by atoms with Gasteiger partial charge in [-0.15, -0.1) is 0 Å². The molecule has 3 aromatic rings. The molecule has 3 nitrogen and oxygen atoms in total. The van der Waals surface area contributed by atoms with Gasteiger partial charge < -0.3 is 9.64 Å². The van der Waals surface area contributed by atoms with E-state index in [2.05, 4.69) is 12.1 Å². The van der Waals surface area contributed by atoms with E-state index in [0.29, 0.717) is 13.1 Å². The summed E-state index contributed by atoms with van der Waals surface area (Å²) in [5.41, 5.74) is 3.25. The second-order valence-corrected chi connectivity index (χ2v) is 8.05. The lowest BCUT2D eigenvalue weighted by Crippen LogP contribution is -2.30. The van der Waals surface area contributed by atoms with Gasteiger partial charge in [-0.2, -0.15) is 0 Å². The maximum Gasteiger partial charge on any atom is 0.219 e. The Balaban J connectivity index is 1.80. The highest BCUT2D eigenvalue weighted by Gasteiger charge is 2.18. The molecule has 0 aromatic heterocycles. The van der Waals surface area contributed by atoms with Crippen LogP contribution in [0.25, 0.3) is 0 Å². The summed E-state index contributed by atoms with van der Waals surface area (Å²) in [6.45, 7) is 6.79. The molecular formula is C27H30FNO2. The molecule has 162 valence electrons. The molecule has 0 radical (unpaired) electrons. The molecule has 31 heavy (non-hydrogen) atoms. The van der Waals surface area contributed by atoms with Gasteiger partial charge in [0.2, 0.25) is 5.91 Å². The fourth-order valence-electron chi connectivity index (χ4n) is 3.71. The molecule has 0 aliphatic carbocycles. The lowest BCUT2D eigenvalue weighted by molar-refractivity contribution is -0.129. The molecule has 1 atom stereocenters. The minimum atomic E-state index is -0.252. The van der Waals surface area contributed by atoms with E-state index in [1.54, 1.807) is 6.92 Å². The molecule has 0 bridgehead atoms. The number of hydrogen-bond acceptors (Lipinski definition) is 2. The van der Waals surface area contributed by atoms with Crippen LogP contribution in [-0.4, -0.2) is 23.5 Å². The van der Waals surface area contributed by atoms with Gasteiger partial charge in [0, 0.05) is 25.9 Å². The number of rotatable bonds is 9. The van der Waals surface area contributed by atoms with Crippen LogP contribution in [0, 0.1) is 5.82 Å². The van der Waals surface area contributed by atoms with Crippen LogP contribution in [0.1, 0.15) is 49.8 Å². The smallest absolute Gasteiger partial charge is 0.219 e. The summed E-state index contributed by atoms with van der Waals surface area (Å²) in [7, 11) is 0. The number of carbonyl (C=O) groups excluding carboxylic acids is 1. The van der Waals surface area contributed by atoms with Gasteiger partial charge in [-0.05, 0) is 61.2 Å². The van der Waals surface area contributed by atoms with Crippen molar-refractivity contribution in [3.8, 4) is 5.75 Å². The Bertz CT molecular complexity index is 953. The number of hydrogen-bond donors (Lipinski definition) is 0. The van der Waals surface area contributed by atoms with Gasteiger partial charge in [0.15, 0.2) is 0 Å². The first kappa shape index (κ1) is 22.5. The highest BCUT2D eigenvalue weighted by Crippen LogP contribution is 2.30. The molecule has 0 saturated heterocycles. The molecule has 3 rings (SSSR count). The van der Waals surface area contributed by atoms with Crippen molar-refractivity contribution in [3.63, 3.8) is 0 Å². The lowest BCUT2D eigenvalue weighted by atomic mass is 9.88. The Morgan fingerprint density at radius 2 is 1.48 bits per heavy atom. The van der Waals surface area contributed by atoms with Crippen molar-refractivity contribution in [2.75, 3.05) is 6.54 Å². The number of amides is 1. The van der Waals surface area contributed by atoms with Crippen LogP contribution in [0.5, 0.6) is 5.75 Å². The Kier molecular flexibility index (Phi) is 7.82. The molecule has 0 fully saturated rings. The molecule has 0 aliphatic heterocycles. The predicted octanol–water partition coefficient (Wildman–Crippen LogP) is 6.18. The molecule has 3 aromatic carbocycles. The second kappa shape index (κ2) is 10.8. The van der Waals surface area contributed by atoms with Crippen LogP contribution in [0.15, 0.2) is 78.9 Å². The third-order valence-corrected chi connectivity index (χ3v) is 5.28. The van der Waals surface area contributed by atoms with Crippen LogP contribution in [0.3, 0.4) is 0 Å². The summed E-state index contributed by atoms with van der Waals surface area (Å²) in [5, 5.41) is 0. The van der Waals surface area contributed by atoms with E-state index in [1.165, 1.54) is 12.1 Å². The van der Waals surface area contributed by atoms with Gasteiger partial charge in [0.25, 0.3) is 0 Å². The Morgan fingerprint density at radius 1 is 0.903 bits per heavy atom. The van der Waals surface area contributed by atoms with E-state index in [4.69, 9.17) is 4.74 Å². The van der Waals surface area contributed by atoms with Gasteiger partial charge >= 0.3 is 0 Å². The quantitative estimate of drug-likeness (QED) is 0.414. The van der Waals surface area contributed by atoms with Crippen LogP contribution in [0.2, 0.25) is 0 Å². The first-order valence-corrected chi connectivity index (χ1v) is 10.7. The first-order chi connectivity index (χ1) is 14.9. The Morgan fingerprint density at radius 3 is 2.03 bits per heavy atom. The summed E-state index contributed by atoms with van der Waals surface area (Å²) in [6, 6.07) is 24.7. The summed E-state index contributed by atoms with van der Waals surface area (Å²) in [4.78, 5) is 14.1. The largest absolute Gasteiger partial charge is 0.491 e. The van der Waals surface area contributed by atoms with Crippen molar-refractivity contribution in [1.29, 1.82) is 0 Å². The topological polar surface area (TPSA) is 29.5 Å². The summed E-state index contributed by atoms with van der Waals surface area (Å²) < 4.78 is 19.3. The maximum atomic E-state index is 13.5. The highest BCUT2D eigenvalue weighted by atomic mass is 19.1. The molecular weight excluding hydrogens is 389 g/mol. The van der Waals surface area contributed by atoms with Gasteiger partial charge in [-0.3, -0.25) is 4.79 Å². The molecule has 0 spiro atoms. The third kappa shape index (κ3) is 6.68. The lowest BCUT2D eigenvalue weighted by Gasteiger charge is -2.25. The van der Waals surface area contributed by atoms with Crippen molar-refractivity contribution in [2.45, 2.75) is 45.8 Å². The molecule has 1 amide bonds. The predicted molar refractivity (Wildman–Crippen MR) is 123 cm³/mol. The SMILES string of the molecule is CC(=O)N(CC[C@H](c1ccc(F)cc1)c1ccc(OC(C)C)cc1)Cc1ccccc1. The van der Waals surface area contributed by atoms with Gasteiger partial charge in [0.1, 0.15) is 11.6 Å². The number of halogens is 1. The van der Waals surface area contributed by atoms with Crippen molar-refractivity contribution in [3.05, 3.63) is 101 Å². The minimum absolute atomic E-state index is 0.0439. The average Bonchev–Trinajstić information content (AvgIpc) is 2.75. The average molecular weight is 420 g/mol. The van der Waals surface area contributed by atoms with Crippen molar-refractivity contribution in [1.82, 2.24) is 4.90 Å². The normalized spacial score (nSPS) is 11.9. The summed E-state index contributed by atoms with van der Waals surface area (Å²) >= 11 is 0. The standard InChI is InChI=1S/C27H30FNO2/c1-20(2)31-26-15-11-24(12-16-26)27(23-9-13-25(28)14-10-23)17-18-29(21(3)30)19-22-7-5-4-6-8-22/h4-16,20,27H,17-19H2,1-3H3/t27-/m1/s1. The summed E-state index contributed by atoms with van der Waals surface area (Å²) in [5.74, 6) is 0.664. The highest BCUT2D eigenvalue weighted by molar-refractivity contribution is 5.73. The van der Waals surface area contributed by atoms with Gasteiger partial charge in [0.05, 0.1) is 6.10 Å².